The molecule has 0 aliphatic carbocycles. The van der Waals surface area contributed by atoms with Crippen LogP contribution in [0.1, 0.15) is 26.3 Å². The largest absolute Gasteiger partial charge is 0.465 e. The number of hydrogen-bond acceptors (Lipinski definition) is 4. The number of ether oxygens (including phenoxy) is 2. The van der Waals surface area contributed by atoms with Crippen LogP contribution in [-0.2, 0) is 16.1 Å². The Morgan fingerprint density at radius 3 is 2.14 bits per heavy atom. The number of rotatable bonds is 4. The summed E-state index contributed by atoms with van der Waals surface area (Å²) >= 11 is 0. The Bertz CT molecular complexity index is 667. The summed E-state index contributed by atoms with van der Waals surface area (Å²) in [6.07, 6.45) is 0. The number of methoxy groups -OCH3 is 1. The molecule has 0 fully saturated rings. The van der Waals surface area contributed by atoms with Crippen LogP contribution in [0.25, 0.3) is 0 Å². The van der Waals surface area contributed by atoms with Crippen LogP contribution in [0.15, 0.2) is 48.5 Å². The Hall–Kier alpha value is -2.69. The van der Waals surface area contributed by atoms with Crippen molar-refractivity contribution in [3.8, 4) is 0 Å². The summed E-state index contributed by atoms with van der Waals surface area (Å²) in [6.45, 7) is -0.207. The maximum absolute atomic E-state index is 13.4. The molecule has 0 spiro atoms. The summed E-state index contributed by atoms with van der Waals surface area (Å²) in [5.74, 6) is -1.79. The van der Waals surface area contributed by atoms with Gasteiger partial charge in [0.2, 0.25) is 0 Å². The lowest BCUT2D eigenvalue weighted by molar-refractivity contribution is 0.0454. The highest BCUT2D eigenvalue weighted by molar-refractivity contribution is 6.03. The first-order chi connectivity index (χ1) is 10.1. The zero-order chi connectivity index (χ0) is 15.2. The average Bonchev–Trinajstić information content (AvgIpc) is 2.53. The summed E-state index contributed by atoms with van der Waals surface area (Å²) in [6, 6.07) is 12.1. The molecule has 0 saturated carbocycles. The highest BCUT2D eigenvalue weighted by atomic mass is 19.1. The fraction of sp³-hybridized carbons (Fsp3) is 0.125. The standard InChI is InChI=1S/C16H13FO4/c1-20-15(18)12-7-3-4-8-13(12)16(19)21-10-11-6-2-5-9-14(11)17/h2-9H,10H2,1H3. The second kappa shape index (κ2) is 6.65. The van der Waals surface area contributed by atoms with Crippen molar-refractivity contribution in [1.82, 2.24) is 0 Å². The van der Waals surface area contributed by atoms with Gasteiger partial charge in [-0.3, -0.25) is 0 Å². The van der Waals surface area contributed by atoms with E-state index in [9.17, 15) is 14.0 Å². The number of benzene rings is 2. The molecule has 5 heteroatoms. The van der Waals surface area contributed by atoms with Gasteiger partial charge in [0, 0.05) is 5.56 Å². The monoisotopic (exact) mass is 288 g/mol. The molecule has 0 N–H and O–H groups in total. The molecular weight excluding hydrogens is 275 g/mol. The summed E-state index contributed by atoms with van der Waals surface area (Å²) < 4.78 is 23.1. The second-order valence-electron chi connectivity index (χ2n) is 4.20. The molecule has 0 radical (unpaired) electrons. The van der Waals surface area contributed by atoms with E-state index < -0.39 is 17.8 Å². The van der Waals surface area contributed by atoms with Crippen molar-refractivity contribution in [2.24, 2.45) is 0 Å². The lowest BCUT2D eigenvalue weighted by Gasteiger charge is -2.08. The number of esters is 2. The van der Waals surface area contributed by atoms with Crippen LogP contribution in [0, 0.1) is 5.82 Å². The van der Waals surface area contributed by atoms with E-state index in [1.165, 1.54) is 31.4 Å². The first kappa shape index (κ1) is 14.7. The smallest absolute Gasteiger partial charge is 0.339 e. The number of halogens is 1. The zero-order valence-corrected chi connectivity index (χ0v) is 11.3. The van der Waals surface area contributed by atoms with E-state index in [1.807, 2.05) is 0 Å². The van der Waals surface area contributed by atoms with Crippen LogP contribution < -0.4 is 0 Å². The number of hydrogen-bond donors (Lipinski definition) is 0. The van der Waals surface area contributed by atoms with Gasteiger partial charge in [0.25, 0.3) is 0 Å². The molecule has 2 rings (SSSR count). The predicted octanol–water partition coefficient (Wildman–Crippen LogP) is 2.97. The van der Waals surface area contributed by atoms with E-state index >= 15 is 0 Å². The van der Waals surface area contributed by atoms with Crippen LogP contribution in [0.2, 0.25) is 0 Å². The van der Waals surface area contributed by atoms with Crippen LogP contribution in [0.4, 0.5) is 4.39 Å². The minimum absolute atomic E-state index is 0.0840. The minimum atomic E-state index is -0.709. The van der Waals surface area contributed by atoms with Crippen molar-refractivity contribution in [2.45, 2.75) is 6.61 Å². The molecule has 0 aliphatic rings. The van der Waals surface area contributed by atoms with Crippen molar-refractivity contribution in [2.75, 3.05) is 7.11 Å². The highest BCUT2D eigenvalue weighted by Crippen LogP contribution is 2.14. The maximum atomic E-state index is 13.4. The van der Waals surface area contributed by atoms with Crippen molar-refractivity contribution in [3.63, 3.8) is 0 Å². The molecule has 0 heterocycles. The lowest BCUT2D eigenvalue weighted by atomic mass is 10.1. The Morgan fingerprint density at radius 2 is 1.52 bits per heavy atom. The van der Waals surface area contributed by atoms with Crippen LogP contribution in [0.3, 0.4) is 0 Å². The molecule has 2 aromatic rings. The molecule has 4 nitrogen and oxygen atoms in total. The van der Waals surface area contributed by atoms with Crippen molar-refractivity contribution in [1.29, 1.82) is 0 Å². The molecule has 0 aromatic heterocycles. The number of carbonyl (C=O) groups excluding carboxylic acids is 2. The summed E-state index contributed by atoms with van der Waals surface area (Å²) in [5.41, 5.74) is 0.459. The van der Waals surface area contributed by atoms with E-state index in [0.717, 1.165) is 0 Å². The fourth-order valence-corrected chi connectivity index (χ4v) is 1.79. The van der Waals surface area contributed by atoms with E-state index in [2.05, 4.69) is 4.74 Å². The molecule has 2 aromatic carbocycles. The van der Waals surface area contributed by atoms with Crippen LogP contribution in [-0.4, -0.2) is 19.0 Å². The van der Waals surface area contributed by atoms with E-state index in [4.69, 9.17) is 4.74 Å². The molecule has 0 saturated heterocycles. The van der Waals surface area contributed by atoms with Gasteiger partial charge < -0.3 is 9.47 Å². The van der Waals surface area contributed by atoms with Gasteiger partial charge in [-0.1, -0.05) is 30.3 Å². The van der Waals surface area contributed by atoms with Gasteiger partial charge in [0.1, 0.15) is 12.4 Å². The van der Waals surface area contributed by atoms with Crippen LogP contribution in [0.5, 0.6) is 0 Å². The van der Waals surface area contributed by atoms with Gasteiger partial charge in [0.15, 0.2) is 0 Å². The summed E-state index contributed by atoms with van der Waals surface area (Å²) in [5, 5.41) is 0. The minimum Gasteiger partial charge on any atom is -0.465 e. The molecule has 0 bridgehead atoms. The van der Waals surface area contributed by atoms with Gasteiger partial charge in [-0.2, -0.15) is 0 Å². The van der Waals surface area contributed by atoms with Gasteiger partial charge in [-0.05, 0) is 18.2 Å². The fourth-order valence-electron chi connectivity index (χ4n) is 1.79. The van der Waals surface area contributed by atoms with E-state index in [0.29, 0.717) is 0 Å². The molecule has 0 unspecified atom stereocenters. The SMILES string of the molecule is COC(=O)c1ccccc1C(=O)OCc1ccccc1F. The third-order valence-electron chi connectivity index (χ3n) is 2.87. The summed E-state index contributed by atoms with van der Waals surface area (Å²) in [4.78, 5) is 23.6. The van der Waals surface area contributed by atoms with Crippen molar-refractivity contribution in [3.05, 3.63) is 71.0 Å². The normalized spacial score (nSPS) is 10.0. The Balaban J connectivity index is 2.14. The van der Waals surface area contributed by atoms with Gasteiger partial charge in [0.05, 0.1) is 18.2 Å². The third-order valence-corrected chi connectivity index (χ3v) is 2.87. The predicted molar refractivity (Wildman–Crippen MR) is 73.3 cm³/mol. The lowest BCUT2D eigenvalue weighted by Crippen LogP contribution is -2.13. The summed E-state index contributed by atoms with van der Waals surface area (Å²) in [7, 11) is 1.23. The van der Waals surface area contributed by atoms with Crippen molar-refractivity contribution < 1.29 is 23.5 Å². The van der Waals surface area contributed by atoms with Crippen LogP contribution >= 0.6 is 0 Å². The first-order valence-corrected chi connectivity index (χ1v) is 6.21. The molecule has 108 valence electrons. The first-order valence-electron chi connectivity index (χ1n) is 6.21. The molecule has 21 heavy (non-hydrogen) atoms. The van der Waals surface area contributed by atoms with E-state index in [1.54, 1.807) is 24.3 Å². The van der Waals surface area contributed by atoms with Gasteiger partial charge in [-0.15, -0.1) is 0 Å². The molecular formula is C16H13FO4. The molecule has 0 atom stereocenters. The van der Waals surface area contributed by atoms with Crippen molar-refractivity contribution >= 4 is 11.9 Å². The zero-order valence-electron chi connectivity index (χ0n) is 11.3. The molecule has 0 aliphatic heterocycles. The van der Waals surface area contributed by atoms with E-state index in [-0.39, 0.29) is 23.3 Å². The topological polar surface area (TPSA) is 52.6 Å². The Morgan fingerprint density at radius 1 is 0.952 bits per heavy atom. The number of carbonyl (C=O) groups is 2. The van der Waals surface area contributed by atoms with Gasteiger partial charge >= 0.3 is 11.9 Å². The second-order valence-corrected chi connectivity index (χ2v) is 4.20. The quantitative estimate of drug-likeness (QED) is 0.812. The highest BCUT2D eigenvalue weighted by Gasteiger charge is 2.18. The third kappa shape index (κ3) is 3.45. The maximum Gasteiger partial charge on any atom is 0.339 e. The Kier molecular flexibility index (Phi) is 4.66. The molecule has 0 amide bonds. The Labute approximate surface area is 121 Å². The average molecular weight is 288 g/mol. The van der Waals surface area contributed by atoms with Gasteiger partial charge in [-0.25, -0.2) is 14.0 Å².